The van der Waals surface area contributed by atoms with Crippen molar-refractivity contribution < 1.29 is 9.47 Å². The van der Waals surface area contributed by atoms with Gasteiger partial charge in [-0.05, 0) is 18.6 Å². The van der Waals surface area contributed by atoms with Crippen LogP contribution in [0.15, 0.2) is 48.7 Å². The number of aromatic nitrogens is 1. The number of hydrogen-bond acceptors (Lipinski definition) is 4. The van der Waals surface area contributed by atoms with E-state index in [2.05, 4.69) is 29.4 Å². The van der Waals surface area contributed by atoms with Gasteiger partial charge in [-0.2, -0.15) is 0 Å². The average Bonchev–Trinajstić information content (AvgIpc) is 2.54. The van der Waals surface area contributed by atoms with Crippen molar-refractivity contribution >= 4 is 0 Å². The van der Waals surface area contributed by atoms with Crippen molar-refractivity contribution in [2.75, 3.05) is 20.8 Å². The molecule has 112 valence electrons. The van der Waals surface area contributed by atoms with Gasteiger partial charge >= 0.3 is 0 Å². The molecule has 0 radical (unpaired) electrons. The van der Waals surface area contributed by atoms with Gasteiger partial charge < -0.3 is 14.8 Å². The lowest BCUT2D eigenvalue weighted by atomic mass is 9.92. The predicted octanol–water partition coefficient (Wildman–Crippen LogP) is 2.74. The van der Waals surface area contributed by atoms with Crippen LogP contribution >= 0.6 is 0 Å². The minimum absolute atomic E-state index is 0.267. The summed E-state index contributed by atoms with van der Waals surface area (Å²) in [7, 11) is 3.35. The number of ether oxygens (including phenoxy) is 2. The van der Waals surface area contributed by atoms with Crippen LogP contribution in [0.1, 0.15) is 18.1 Å². The molecule has 2 aromatic rings. The highest BCUT2D eigenvalue weighted by atomic mass is 16.5. The molecule has 1 atom stereocenters. The van der Waals surface area contributed by atoms with E-state index in [-0.39, 0.29) is 5.54 Å². The first-order chi connectivity index (χ1) is 10.2. The predicted molar refractivity (Wildman–Crippen MR) is 83.3 cm³/mol. The highest BCUT2D eigenvalue weighted by Crippen LogP contribution is 2.23. The number of pyridine rings is 1. The molecule has 0 aliphatic heterocycles. The normalized spacial score (nSPS) is 13.7. The van der Waals surface area contributed by atoms with Gasteiger partial charge in [0.1, 0.15) is 0 Å². The van der Waals surface area contributed by atoms with Gasteiger partial charge in [-0.15, -0.1) is 0 Å². The molecule has 1 aromatic heterocycles. The lowest BCUT2D eigenvalue weighted by molar-refractivity contribution is 0.117. The van der Waals surface area contributed by atoms with Crippen LogP contribution in [0.25, 0.3) is 0 Å². The Hall–Kier alpha value is -1.91. The Morgan fingerprint density at radius 3 is 2.52 bits per heavy atom. The third-order valence-electron chi connectivity index (χ3n) is 3.56. The minimum Gasteiger partial charge on any atom is -0.481 e. The Balaban J connectivity index is 2.17. The Morgan fingerprint density at radius 1 is 1.10 bits per heavy atom. The molecule has 0 bridgehead atoms. The summed E-state index contributed by atoms with van der Waals surface area (Å²) >= 11 is 0. The van der Waals surface area contributed by atoms with Crippen molar-refractivity contribution in [2.24, 2.45) is 0 Å². The lowest BCUT2D eigenvalue weighted by Gasteiger charge is -2.31. The first kappa shape index (κ1) is 15.5. The van der Waals surface area contributed by atoms with Gasteiger partial charge in [0.05, 0.1) is 19.3 Å². The van der Waals surface area contributed by atoms with Crippen molar-refractivity contribution in [1.82, 2.24) is 10.3 Å². The van der Waals surface area contributed by atoms with Gasteiger partial charge in [-0.3, -0.25) is 0 Å². The maximum absolute atomic E-state index is 5.40. The molecule has 0 saturated carbocycles. The third kappa shape index (κ3) is 3.80. The Morgan fingerprint density at radius 2 is 1.86 bits per heavy atom. The van der Waals surface area contributed by atoms with Crippen LogP contribution in [0.3, 0.4) is 0 Å². The topological polar surface area (TPSA) is 43.4 Å². The molecule has 0 spiro atoms. The Bertz CT molecular complexity index is 560. The molecular formula is C17H22N2O2. The highest BCUT2D eigenvalue weighted by molar-refractivity contribution is 5.27. The molecule has 1 unspecified atom stereocenters. The molecule has 2 rings (SSSR count). The van der Waals surface area contributed by atoms with Gasteiger partial charge in [0, 0.05) is 25.4 Å². The molecule has 0 aliphatic carbocycles. The summed E-state index contributed by atoms with van der Waals surface area (Å²) in [6, 6.07) is 14.2. The number of rotatable bonds is 7. The number of nitrogens with one attached hydrogen (secondary N) is 1. The number of methoxy groups -OCH3 is 2. The standard InChI is InChI=1S/C17H22N2O2/c1-17(13-20-2,15-9-5-4-6-10-15)19-12-14-8-7-11-18-16(14)21-3/h4-11,19H,12-13H2,1-3H3. The van der Waals surface area contributed by atoms with Crippen LogP contribution < -0.4 is 10.1 Å². The van der Waals surface area contributed by atoms with E-state index in [4.69, 9.17) is 9.47 Å². The van der Waals surface area contributed by atoms with Crippen molar-refractivity contribution in [3.63, 3.8) is 0 Å². The van der Waals surface area contributed by atoms with E-state index in [9.17, 15) is 0 Å². The van der Waals surface area contributed by atoms with Crippen LogP contribution in [0.5, 0.6) is 5.88 Å². The van der Waals surface area contributed by atoms with E-state index in [0.29, 0.717) is 19.0 Å². The maximum Gasteiger partial charge on any atom is 0.217 e. The fourth-order valence-corrected chi connectivity index (χ4v) is 2.36. The molecule has 0 amide bonds. The molecule has 4 heteroatoms. The largest absolute Gasteiger partial charge is 0.481 e. The monoisotopic (exact) mass is 286 g/mol. The molecule has 1 aromatic carbocycles. The molecule has 21 heavy (non-hydrogen) atoms. The second kappa shape index (κ2) is 7.20. The zero-order valence-electron chi connectivity index (χ0n) is 12.8. The van der Waals surface area contributed by atoms with E-state index in [0.717, 1.165) is 5.56 Å². The first-order valence-electron chi connectivity index (χ1n) is 6.97. The fourth-order valence-electron chi connectivity index (χ4n) is 2.36. The van der Waals surface area contributed by atoms with E-state index in [1.807, 2.05) is 30.3 Å². The maximum atomic E-state index is 5.40. The molecule has 0 fully saturated rings. The molecular weight excluding hydrogens is 264 g/mol. The van der Waals surface area contributed by atoms with Crippen LogP contribution in [0.2, 0.25) is 0 Å². The summed E-state index contributed by atoms with van der Waals surface area (Å²) in [6.45, 7) is 3.38. The molecule has 1 heterocycles. The number of hydrogen-bond donors (Lipinski definition) is 1. The van der Waals surface area contributed by atoms with Crippen LogP contribution in [-0.4, -0.2) is 25.8 Å². The summed E-state index contributed by atoms with van der Waals surface area (Å²) in [4.78, 5) is 4.22. The molecule has 0 saturated heterocycles. The van der Waals surface area contributed by atoms with Gasteiger partial charge in [-0.1, -0.05) is 36.4 Å². The van der Waals surface area contributed by atoms with Crippen LogP contribution in [-0.2, 0) is 16.8 Å². The SMILES string of the molecule is COCC(C)(NCc1cccnc1OC)c1ccccc1. The van der Waals surface area contributed by atoms with E-state index < -0.39 is 0 Å². The van der Waals surface area contributed by atoms with Crippen molar-refractivity contribution in [2.45, 2.75) is 19.0 Å². The van der Waals surface area contributed by atoms with Gasteiger partial charge in [0.25, 0.3) is 0 Å². The number of benzene rings is 1. The van der Waals surface area contributed by atoms with E-state index >= 15 is 0 Å². The van der Waals surface area contributed by atoms with E-state index in [1.165, 1.54) is 5.56 Å². The summed E-state index contributed by atoms with van der Waals surface area (Å²) in [6.07, 6.45) is 1.73. The quantitative estimate of drug-likeness (QED) is 0.850. The Kier molecular flexibility index (Phi) is 5.31. The average molecular weight is 286 g/mol. The summed E-state index contributed by atoms with van der Waals surface area (Å²) in [5.41, 5.74) is 1.95. The van der Waals surface area contributed by atoms with Gasteiger partial charge in [0.2, 0.25) is 5.88 Å². The van der Waals surface area contributed by atoms with Gasteiger partial charge in [-0.25, -0.2) is 4.98 Å². The second-order valence-electron chi connectivity index (χ2n) is 5.16. The zero-order valence-corrected chi connectivity index (χ0v) is 12.8. The van der Waals surface area contributed by atoms with Crippen molar-refractivity contribution in [3.8, 4) is 5.88 Å². The summed E-state index contributed by atoms with van der Waals surface area (Å²) in [5.74, 6) is 0.651. The Labute approximate surface area is 126 Å². The van der Waals surface area contributed by atoms with Crippen LogP contribution in [0, 0.1) is 0 Å². The van der Waals surface area contributed by atoms with Crippen molar-refractivity contribution in [3.05, 3.63) is 59.8 Å². The second-order valence-corrected chi connectivity index (χ2v) is 5.16. The molecule has 4 nitrogen and oxygen atoms in total. The molecule has 1 N–H and O–H groups in total. The smallest absolute Gasteiger partial charge is 0.217 e. The third-order valence-corrected chi connectivity index (χ3v) is 3.56. The zero-order chi connectivity index (χ0) is 15.1. The lowest BCUT2D eigenvalue weighted by Crippen LogP contribution is -2.43. The first-order valence-corrected chi connectivity index (χ1v) is 6.97. The van der Waals surface area contributed by atoms with Crippen LogP contribution in [0.4, 0.5) is 0 Å². The van der Waals surface area contributed by atoms with E-state index in [1.54, 1.807) is 20.4 Å². The summed E-state index contributed by atoms with van der Waals surface area (Å²) in [5, 5.41) is 3.56. The van der Waals surface area contributed by atoms with Crippen molar-refractivity contribution in [1.29, 1.82) is 0 Å². The minimum atomic E-state index is -0.267. The number of nitrogens with zero attached hydrogens (tertiary/aromatic N) is 1. The summed E-state index contributed by atoms with van der Waals surface area (Å²) < 4.78 is 10.7. The fraction of sp³-hybridized carbons (Fsp3) is 0.353. The molecule has 0 aliphatic rings. The highest BCUT2D eigenvalue weighted by Gasteiger charge is 2.26. The van der Waals surface area contributed by atoms with Gasteiger partial charge in [0.15, 0.2) is 0 Å².